The molecule has 1 N–H and O–H groups in total. The second-order valence-corrected chi connectivity index (χ2v) is 11.5. The first-order valence-corrected chi connectivity index (χ1v) is 14.4. The predicted octanol–water partition coefficient (Wildman–Crippen LogP) is 4.50. The molecule has 0 aliphatic carbocycles. The number of nitrogens with zero attached hydrogens (tertiary/aromatic N) is 2. The normalized spacial score (nSPS) is 15.4. The molecule has 1 aliphatic rings. The SMILES string of the molecule is CCC(C)NC(=O)C(C)N(CCc1ccccc1)C(=O)CCCN1c2cccc3cccc(c23)S1(=O)=O. The molecular weight excluding hydrogens is 486 g/mol. The molecule has 0 bridgehead atoms. The summed E-state index contributed by atoms with van der Waals surface area (Å²) < 4.78 is 27.9. The molecule has 3 aromatic carbocycles. The number of carbonyl (C=O) groups excluding carboxylic acids is 2. The molecule has 37 heavy (non-hydrogen) atoms. The minimum absolute atomic E-state index is 0.0192. The first-order valence-electron chi connectivity index (χ1n) is 12.9. The average molecular weight is 522 g/mol. The van der Waals surface area contributed by atoms with E-state index in [9.17, 15) is 18.0 Å². The van der Waals surface area contributed by atoms with Crippen LogP contribution in [0.3, 0.4) is 0 Å². The third kappa shape index (κ3) is 5.64. The monoisotopic (exact) mass is 521 g/mol. The topological polar surface area (TPSA) is 86.8 Å². The molecule has 8 heteroatoms. The van der Waals surface area contributed by atoms with E-state index >= 15 is 0 Å². The van der Waals surface area contributed by atoms with Crippen molar-refractivity contribution in [3.63, 3.8) is 0 Å². The molecule has 196 valence electrons. The Kier molecular flexibility index (Phi) is 8.17. The zero-order valence-corrected chi connectivity index (χ0v) is 22.5. The third-order valence-corrected chi connectivity index (χ3v) is 8.94. The molecule has 0 fully saturated rings. The number of hydrogen-bond donors (Lipinski definition) is 1. The summed E-state index contributed by atoms with van der Waals surface area (Å²) in [5, 5.41) is 4.59. The van der Waals surface area contributed by atoms with Gasteiger partial charge in [-0.25, -0.2) is 8.42 Å². The van der Waals surface area contributed by atoms with E-state index in [-0.39, 0.29) is 30.8 Å². The summed E-state index contributed by atoms with van der Waals surface area (Å²) in [7, 11) is -3.66. The second kappa shape index (κ2) is 11.3. The highest BCUT2D eigenvalue weighted by molar-refractivity contribution is 7.93. The van der Waals surface area contributed by atoms with E-state index in [1.54, 1.807) is 24.0 Å². The van der Waals surface area contributed by atoms with E-state index in [1.807, 2.05) is 68.4 Å². The maximum atomic E-state index is 13.4. The van der Waals surface area contributed by atoms with Gasteiger partial charge in [0.05, 0.1) is 10.6 Å². The Morgan fingerprint density at radius 2 is 1.68 bits per heavy atom. The van der Waals surface area contributed by atoms with Gasteiger partial charge in [0.15, 0.2) is 0 Å². The van der Waals surface area contributed by atoms with Crippen LogP contribution in [0.1, 0.15) is 45.6 Å². The molecule has 1 aliphatic heterocycles. The van der Waals surface area contributed by atoms with Crippen LogP contribution in [0.4, 0.5) is 5.69 Å². The highest BCUT2D eigenvalue weighted by Gasteiger charge is 2.35. The minimum atomic E-state index is -3.66. The van der Waals surface area contributed by atoms with E-state index in [0.717, 1.165) is 22.8 Å². The van der Waals surface area contributed by atoms with Crippen LogP contribution < -0.4 is 9.62 Å². The Bertz CT molecular complexity index is 1370. The van der Waals surface area contributed by atoms with Gasteiger partial charge in [0.2, 0.25) is 11.8 Å². The molecule has 0 spiro atoms. The fraction of sp³-hybridized carbons (Fsp3) is 0.379. The van der Waals surface area contributed by atoms with Crippen molar-refractivity contribution in [1.29, 1.82) is 0 Å². The van der Waals surface area contributed by atoms with Crippen molar-refractivity contribution in [1.82, 2.24) is 10.2 Å². The van der Waals surface area contributed by atoms with Crippen molar-refractivity contribution in [3.05, 3.63) is 72.3 Å². The predicted molar refractivity (Wildman–Crippen MR) is 147 cm³/mol. The van der Waals surface area contributed by atoms with Crippen molar-refractivity contribution in [2.24, 2.45) is 0 Å². The standard InChI is InChI=1S/C29H35N3O4S/c1-4-21(2)30-29(34)22(3)31(20-18-23-11-6-5-7-12-23)27(33)17-10-19-32-25-15-8-13-24-14-9-16-26(28(24)25)37(32,35)36/h5-9,11-16,21-22H,4,10,17-20H2,1-3H3,(H,30,34). The summed E-state index contributed by atoms with van der Waals surface area (Å²) in [4.78, 5) is 28.2. The van der Waals surface area contributed by atoms with E-state index in [0.29, 0.717) is 30.0 Å². The maximum absolute atomic E-state index is 13.4. The lowest BCUT2D eigenvalue weighted by Crippen LogP contribution is -2.50. The van der Waals surface area contributed by atoms with Crippen molar-refractivity contribution in [3.8, 4) is 0 Å². The molecule has 0 aromatic heterocycles. The quantitative estimate of drug-likeness (QED) is 0.402. The molecule has 2 atom stereocenters. The van der Waals surface area contributed by atoms with Crippen LogP contribution in [-0.2, 0) is 26.0 Å². The van der Waals surface area contributed by atoms with Crippen molar-refractivity contribution < 1.29 is 18.0 Å². The Balaban J connectivity index is 1.46. The summed E-state index contributed by atoms with van der Waals surface area (Å²) in [5.74, 6) is -0.338. The van der Waals surface area contributed by atoms with Gasteiger partial charge in [0.1, 0.15) is 6.04 Å². The number of hydrogen-bond acceptors (Lipinski definition) is 4. The van der Waals surface area contributed by atoms with Gasteiger partial charge in [0, 0.05) is 30.9 Å². The van der Waals surface area contributed by atoms with Crippen molar-refractivity contribution in [2.45, 2.75) is 63.4 Å². The molecule has 0 saturated carbocycles. The van der Waals surface area contributed by atoms with Gasteiger partial charge in [-0.1, -0.05) is 61.5 Å². The third-order valence-electron chi connectivity index (χ3n) is 7.09. The molecule has 0 radical (unpaired) electrons. The molecule has 1 heterocycles. The van der Waals surface area contributed by atoms with E-state index < -0.39 is 16.1 Å². The largest absolute Gasteiger partial charge is 0.352 e. The summed E-state index contributed by atoms with van der Waals surface area (Å²) in [6.07, 6.45) is 1.93. The van der Waals surface area contributed by atoms with Gasteiger partial charge in [-0.15, -0.1) is 0 Å². The minimum Gasteiger partial charge on any atom is -0.352 e. The summed E-state index contributed by atoms with van der Waals surface area (Å²) in [6, 6.07) is 20.1. The van der Waals surface area contributed by atoms with Crippen molar-refractivity contribution >= 4 is 38.3 Å². The zero-order chi connectivity index (χ0) is 26.6. The molecule has 0 saturated heterocycles. The van der Waals surface area contributed by atoms with Gasteiger partial charge in [-0.2, -0.15) is 0 Å². The molecule has 2 unspecified atom stereocenters. The second-order valence-electron chi connectivity index (χ2n) is 9.63. The first kappa shape index (κ1) is 26.7. The Labute approximate surface area is 219 Å². The van der Waals surface area contributed by atoms with Crippen LogP contribution in [0.5, 0.6) is 0 Å². The lowest BCUT2D eigenvalue weighted by atomic mass is 10.1. The smallest absolute Gasteiger partial charge is 0.265 e. The van der Waals surface area contributed by atoms with Crippen LogP contribution in [-0.4, -0.2) is 50.3 Å². The van der Waals surface area contributed by atoms with E-state index in [1.165, 1.54) is 4.31 Å². The highest BCUT2D eigenvalue weighted by atomic mass is 32.2. The number of rotatable bonds is 11. The maximum Gasteiger partial charge on any atom is 0.265 e. The Hall–Kier alpha value is -3.39. The molecular formula is C29H35N3O4S. The highest BCUT2D eigenvalue weighted by Crippen LogP contribution is 2.42. The number of nitrogens with one attached hydrogen (secondary N) is 1. The lowest BCUT2D eigenvalue weighted by molar-refractivity contribution is -0.140. The summed E-state index contributed by atoms with van der Waals surface area (Å²) in [5.41, 5.74) is 1.74. The first-order chi connectivity index (χ1) is 17.7. The van der Waals surface area contributed by atoms with E-state index in [4.69, 9.17) is 0 Å². The van der Waals surface area contributed by atoms with Crippen LogP contribution >= 0.6 is 0 Å². The summed E-state index contributed by atoms with van der Waals surface area (Å²) >= 11 is 0. The molecule has 2 amide bonds. The van der Waals surface area contributed by atoms with E-state index in [2.05, 4.69) is 5.32 Å². The number of sulfonamides is 1. The number of anilines is 1. The molecule has 4 rings (SSSR count). The van der Waals surface area contributed by atoms with Crippen LogP contribution in [0.15, 0.2) is 71.6 Å². The van der Waals surface area contributed by atoms with Gasteiger partial charge >= 0.3 is 0 Å². The van der Waals surface area contributed by atoms with Crippen LogP contribution in [0, 0.1) is 0 Å². The Morgan fingerprint density at radius 1 is 0.973 bits per heavy atom. The van der Waals surface area contributed by atoms with Crippen LogP contribution in [0.25, 0.3) is 10.8 Å². The number of amides is 2. The fourth-order valence-electron chi connectivity index (χ4n) is 4.75. The zero-order valence-electron chi connectivity index (χ0n) is 21.7. The van der Waals surface area contributed by atoms with Gasteiger partial charge in [-0.05, 0) is 56.2 Å². The van der Waals surface area contributed by atoms with Gasteiger partial charge in [0.25, 0.3) is 10.0 Å². The average Bonchev–Trinajstić information content (AvgIpc) is 3.12. The van der Waals surface area contributed by atoms with Gasteiger partial charge < -0.3 is 10.2 Å². The Morgan fingerprint density at radius 3 is 2.38 bits per heavy atom. The lowest BCUT2D eigenvalue weighted by Gasteiger charge is -2.30. The van der Waals surface area contributed by atoms with Crippen LogP contribution in [0.2, 0.25) is 0 Å². The number of carbonyl (C=O) groups is 2. The van der Waals surface area contributed by atoms with Gasteiger partial charge in [-0.3, -0.25) is 13.9 Å². The summed E-state index contributed by atoms with van der Waals surface area (Å²) in [6.45, 7) is 6.30. The fourth-order valence-corrected chi connectivity index (χ4v) is 6.50. The molecule has 3 aromatic rings. The number of benzene rings is 3. The molecule has 7 nitrogen and oxygen atoms in total. The van der Waals surface area contributed by atoms with Crippen molar-refractivity contribution in [2.75, 3.05) is 17.4 Å².